The van der Waals surface area contributed by atoms with Gasteiger partial charge in [-0.25, -0.2) is 0 Å². The number of nitrogens with zero attached hydrogens (tertiary/aromatic N) is 2. The van der Waals surface area contributed by atoms with Crippen molar-refractivity contribution < 1.29 is 9.47 Å². The van der Waals surface area contributed by atoms with Gasteiger partial charge < -0.3 is 14.8 Å². The van der Waals surface area contributed by atoms with Crippen LogP contribution >= 0.6 is 11.3 Å². The number of aromatic nitrogens is 2. The molecule has 0 atom stereocenters. The minimum Gasteiger partial charge on any atom is -0.480 e. The van der Waals surface area contributed by atoms with Crippen molar-refractivity contribution in [2.24, 2.45) is 0 Å². The van der Waals surface area contributed by atoms with Gasteiger partial charge in [-0.1, -0.05) is 0 Å². The highest BCUT2D eigenvalue weighted by Crippen LogP contribution is 2.22. The van der Waals surface area contributed by atoms with E-state index in [9.17, 15) is 0 Å². The van der Waals surface area contributed by atoms with E-state index in [0.29, 0.717) is 5.88 Å². The lowest BCUT2D eigenvalue weighted by Crippen LogP contribution is -2.16. The smallest absolute Gasteiger partial charge is 0.237 e. The molecule has 0 radical (unpaired) electrons. The first kappa shape index (κ1) is 13.3. The number of nitrogens with one attached hydrogen (secondary N) is 1. The van der Waals surface area contributed by atoms with E-state index in [1.807, 2.05) is 11.6 Å². The number of hydrogen-bond donors (Lipinski definition) is 1. The van der Waals surface area contributed by atoms with Crippen LogP contribution in [0.25, 0.3) is 4.96 Å². The molecule has 0 bridgehead atoms. The van der Waals surface area contributed by atoms with E-state index in [0.717, 1.165) is 43.2 Å². The summed E-state index contributed by atoms with van der Waals surface area (Å²) in [6.07, 6.45) is 4.22. The number of ether oxygens (including phenoxy) is 2. The van der Waals surface area contributed by atoms with Gasteiger partial charge in [0.25, 0.3) is 0 Å². The van der Waals surface area contributed by atoms with Gasteiger partial charge in [-0.15, -0.1) is 11.3 Å². The number of unbranched alkanes of at least 4 members (excludes halogenated alkanes) is 1. The fourth-order valence-electron chi connectivity index (χ4n) is 1.84. The van der Waals surface area contributed by atoms with Crippen molar-refractivity contribution >= 4 is 16.3 Å². The lowest BCUT2D eigenvalue weighted by molar-refractivity contribution is 0.192. The molecule has 2 aromatic heterocycles. The molecular weight excluding hydrogens is 250 g/mol. The van der Waals surface area contributed by atoms with Gasteiger partial charge in [-0.2, -0.15) is 4.98 Å². The number of imidazole rings is 1. The van der Waals surface area contributed by atoms with Crippen LogP contribution in [-0.2, 0) is 11.3 Å². The van der Waals surface area contributed by atoms with Gasteiger partial charge in [0, 0.05) is 31.8 Å². The molecule has 18 heavy (non-hydrogen) atoms. The zero-order valence-corrected chi connectivity index (χ0v) is 11.6. The molecule has 0 aliphatic heterocycles. The third kappa shape index (κ3) is 3.01. The van der Waals surface area contributed by atoms with Crippen molar-refractivity contribution in [3.05, 3.63) is 17.3 Å². The number of fused-ring (bicyclic) bond motifs is 1. The monoisotopic (exact) mass is 269 g/mol. The third-order valence-electron chi connectivity index (χ3n) is 2.76. The van der Waals surface area contributed by atoms with Crippen molar-refractivity contribution in [3.63, 3.8) is 0 Å². The third-order valence-corrected chi connectivity index (χ3v) is 3.52. The van der Waals surface area contributed by atoms with E-state index in [2.05, 4.69) is 14.7 Å². The van der Waals surface area contributed by atoms with Crippen LogP contribution in [0.2, 0.25) is 0 Å². The second-order valence-corrected chi connectivity index (χ2v) is 4.87. The number of methoxy groups -OCH3 is 2. The van der Waals surface area contributed by atoms with Gasteiger partial charge in [0.15, 0.2) is 4.96 Å². The normalized spacial score (nSPS) is 11.2. The molecule has 1 N–H and O–H groups in total. The van der Waals surface area contributed by atoms with Gasteiger partial charge in [-0.3, -0.25) is 4.40 Å². The summed E-state index contributed by atoms with van der Waals surface area (Å²) < 4.78 is 12.4. The van der Waals surface area contributed by atoms with E-state index in [1.54, 1.807) is 25.6 Å². The summed E-state index contributed by atoms with van der Waals surface area (Å²) in [5.74, 6) is 0.714. The predicted octanol–water partition coefficient (Wildman–Crippen LogP) is 1.92. The second kappa shape index (κ2) is 6.72. The zero-order valence-electron chi connectivity index (χ0n) is 10.8. The molecule has 0 saturated carbocycles. The van der Waals surface area contributed by atoms with Crippen LogP contribution < -0.4 is 10.1 Å². The fraction of sp³-hybridized carbons (Fsp3) is 0.583. The Morgan fingerprint density at radius 1 is 1.39 bits per heavy atom. The summed E-state index contributed by atoms with van der Waals surface area (Å²) in [4.78, 5) is 5.39. The first-order valence-electron chi connectivity index (χ1n) is 6.05. The standard InChI is InChI=1S/C12H19N3O2S/c1-16-7-4-3-5-13-9-10-11(17-2)14-12-15(10)6-8-18-12/h6,8,13H,3-5,7,9H2,1-2H3. The molecule has 2 rings (SSSR count). The highest BCUT2D eigenvalue weighted by Gasteiger charge is 2.12. The Morgan fingerprint density at radius 3 is 3.06 bits per heavy atom. The minimum atomic E-state index is 0.714. The van der Waals surface area contributed by atoms with Crippen molar-refractivity contribution in [2.75, 3.05) is 27.4 Å². The second-order valence-electron chi connectivity index (χ2n) is 4.00. The number of rotatable bonds is 8. The Hall–Kier alpha value is -1.11. The largest absolute Gasteiger partial charge is 0.480 e. The Balaban J connectivity index is 1.88. The quantitative estimate of drug-likeness (QED) is 0.744. The van der Waals surface area contributed by atoms with Crippen LogP contribution in [0.15, 0.2) is 11.6 Å². The average molecular weight is 269 g/mol. The molecule has 5 nitrogen and oxygen atoms in total. The Bertz CT molecular complexity index is 481. The molecule has 6 heteroatoms. The molecule has 0 spiro atoms. The molecule has 2 heterocycles. The molecule has 0 fully saturated rings. The summed E-state index contributed by atoms with van der Waals surface area (Å²) in [5, 5.41) is 5.44. The zero-order chi connectivity index (χ0) is 12.8. The van der Waals surface area contributed by atoms with Gasteiger partial charge in [0.05, 0.1) is 7.11 Å². The fourth-order valence-corrected chi connectivity index (χ4v) is 2.56. The molecule has 0 aromatic carbocycles. The maximum atomic E-state index is 5.30. The maximum absolute atomic E-state index is 5.30. The van der Waals surface area contributed by atoms with Gasteiger partial charge in [-0.05, 0) is 19.4 Å². The average Bonchev–Trinajstić information content (AvgIpc) is 2.94. The van der Waals surface area contributed by atoms with E-state index in [-0.39, 0.29) is 0 Å². The van der Waals surface area contributed by atoms with Gasteiger partial charge in [0.1, 0.15) is 5.69 Å². The first-order valence-corrected chi connectivity index (χ1v) is 6.93. The highest BCUT2D eigenvalue weighted by molar-refractivity contribution is 7.15. The first-order chi connectivity index (χ1) is 8.86. The van der Waals surface area contributed by atoms with Crippen LogP contribution in [0.3, 0.4) is 0 Å². The predicted molar refractivity (Wildman–Crippen MR) is 72.4 cm³/mol. The van der Waals surface area contributed by atoms with E-state index in [4.69, 9.17) is 9.47 Å². The van der Waals surface area contributed by atoms with Crippen LogP contribution in [-0.4, -0.2) is 36.8 Å². The SMILES string of the molecule is COCCCCNCc1c(OC)nc2sccn12. The molecule has 0 saturated heterocycles. The van der Waals surface area contributed by atoms with E-state index < -0.39 is 0 Å². The van der Waals surface area contributed by atoms with Crippen molar-refractivity contribution in [3.8, 4) is 5.88 Å². The van der Waals surface area contributed by atoms with Gasteiger partial charge in [0.2, 0.25) is 5.88 Å². The Labute approximate surface area is 111 Å². The lowest BCUT2D eigenvalue weighted by atomic mass is 10.3. The maximum Gasteiger partial charge on any atom is 0.237 e. The minimum absolute atomic E-state index is 0.714. The van der Waals surface area contributed by atoms with Gasteiger partial charge >= 0.3 is 0 Å². The summed E-state index contributed by atoms with van der Waals surface area (Å²) in [6, 6.07) is 0. The van der Waals surface area contributed by atoms with Crippen LogP contribution in [0.4, 0.5) is 0 Å². The highest BCUT2D eigenvalue weighted by atomic mass is 32.1. The topological polar surface area (TPSA) is 47.8 Å². The summed E-state index contributed by atoms with van der Waals surface area (Å²) in [6.45, 7) is 2.57. The lowest BCUT2D eigenvalue weighted by Gasteiger charge is -2.05. The van der Waals surface area contributed by atoms with Crippen LogP contribution in [0.1, 0.15) is 18.5 Å². The Morgan fingerprint density at radius 2 is 2.28 bits per heavy atom. The van der Waals surface area contributed by atoms with E-state index in [1.165, 1.54) is 0 Å². The summed E-state index contributed by atoms with van der Waals surface area (Å²) in [7, 11) is 3.40. The van der Waals surface area contributed by atoms with Crippen molar-refractivity contribution in [1.82, 2.24) is 14.7 Å². The molecule has 0 unspecified atom stereocenters. The van der Waals surface area contributed by atoms with Crippen molar-refractivity contribution in [2.45, 2.75) is 19.4 Å². The summed E-state index contributed by atoms with van der Waals surface area (Å²) in [5.41, 5.74) is 1.08. The Kier molecular flexibility index (Phi) is 4.98. The van der Waals surface area contributed by atoms with Crippen LogP contribution in [0.5, 0.6) is 5.88 Å². The molecule has 0 aliphatic rings. The number of hydrogen-bond acceptors (Lipinski definition) is 5. The van der Waals surface area contributed by atoms with Crippen molar-refractivity contribution in [1.29, 1.82) is 0 Å². The molecular formula is C12H19N3O2S. The van der Waals surface area contributed by atoms with E-state index >= 15 is 0 Å². The molecule has 0 aliphatic carbocycles. The summed E-state index contributed by atoms with van der Waals surface area (Å²) >= 11 is 1.62. The molecule has 100 valence electrons. The van der Waals surface area contributed by atoms with Crippen LogP contribution in [0, 0.1) is 0 Å². The number of thiazole rings is 1. The molecule has 2 aromatic rings. The molecule has 0 amide bonds.